The van der Waals surface area contributed by atoms with E-state index in [-0.39, 0.29) is 18.9 Å². The molecule has 0 saturated carbocycles. The Hall–Kier alpha value is -2.71. The fourth-order valence-electron chi connectivity index (χ4n) is 2.56. The number of phenolic OH excluding ortho intramolecular Hbond substituents is 1. The van der Waals surface area contributed by atoms with Gasteiger partial charge in [0.1, 0.15) is 0 Å². The Morgan fingerprint density at radius 1 is 1.31 bits per heavy atom. The number of benzene rings is 2. The lowest BCUT2D eigenvalue weighted by Gasteiger charge is -2.18. The summed E-state index contributed by atoms with van der Waals surface area (Å²) in [6, 6.07) is 10.4. The molecule has 0 radical (unpaired) electrons. The SMILES string of the molecule is COc1cc(/C=N/N(CCO)C2=NS(=O)c3ccc(C)cc32)ccc1O. The highest BCUT2D eigenvalue weighted by Crippen LogP contribution is 2.27. The van der Waals surface area contributed by atoms with E-state index in [1.165, 1.54) is 18.2 Å². The minimum Gasteiger partial charge on any atom is -0.504 e. The number of ether oxygens (including phenoxy) is 1. The Labute approximate surface area is 153 Å². The third-order valence-corrected chi connectivity index (χ3v) is 4.91. The normalized spacial score (nSPS) is 15.8. The minimum atomic E-state index is -1.48. The Kier molecular flexibility index (Phi) is 5.34. The molecule has 26 heavy (non-hydrogen) atoms. The lowest BCUT2D eigenvalue weighted by molar-refractivity contribution is 0.254. The highest BCUT2D eigenvalue weighted by Gasteiger charge is 2.26. The summed E-state index contributed by atoms with van der Waals surface area (Å²) < 4.78 is 21.5. The molecular formula is C18H19N3O4S. The first-order chi connectivity index (χ1) is 12.5. The van der Waals surface area contributed by atoms with Gasteiger partial charge in [-0.2, -0.15) is 9.50 Å². The van der Waals surface area contributed by atoms with Crippen molar-refractivity contribution >= 4 is 23.0 Å². The Morgan fingerprint density at radius 3 is 2.85 bits per heavy atom. The fourth-order valence-corrected chi connectivity index (χ4v) is 3.53. The van der Waals surface area contributed by atoms with E-state index in [0.29, 0.717) is 22.0 Å². The zero-order chi connectivity index (χ0) is 18.7. The third kappa shape index (κ3) is 3.61. The van der Waals surface area contributed by atoms with Gasteiger partial charge in [-0.15, -0.1) is 0 Å². The first-order valence-electron chi connectivity index (χ1n) is 7.94. The average molecular weight is 373 g/mol. The van der Waals surface area contributed by atoms with Gasteiger partial charge in [0.15, 0.2) is 28.3 Å². The summed E-state index contributed by atoms with van der Waals surface area (Å²) in [5.41, 5.74) is 2.47. The van der Waals surface area contributed by atoms with Crippen LogP contribution in [-0.4, -0.2) is 51.7 Å². The van der Waals surface area contributed by atoms with Gasteiger partial charge in [-0.1, -0.05) is 11.6 Å². The quantitative estimate of drug-likeness (QED) is 0.616. The molecule has 0 aromatic heterocycles. The molecule has 3 rings (SSSR count). The summed E-state index contributed by atoms with van der Waals surface area (Å²) in [5.74, 6) is 0.831. The van der Waals surface area contributed by atoms with E-state index in [9.17, 15) is 14.4 Å². The number of nitrogens with zero attached hydrogens (tertiary/aromatic N) is 3. The van der Waals surface area contributed by atoms with Crippen molar-refractivity contribution in [1.82, 2.24) is 5.01 Å². The third-order valence-electron chi connectivity index (χ3n) is 3.84. The molecule has 1 heterocycles. The van der Waals surface area contributed by atoms with E-state index in [1.807, 2.05) is 19.1 Å². The Morgan fingerprint density at radius 2 is 2.12 bits per heavy atom. The van der Waals surface area contributed by atoms with Crippen LogP contribution in [-0.2, 0) is 11.0 Å². The lowest BCUT2D eigenvalue weighted by atomic mass is 10.1. The molecule has 1 atom stereocenters. The van der Waals surface area contributed by atoms with E-state index in [2.05, 4.69) is 9.50 Å². The molecule has 0 aliphatic carbocycles. The summed E-state index contributed by atoms with van der Waals surface area (Å²) in [6.07, 6.45) is 1.57. The highest BCUT2D eigenvalue weighted by atomic mass is 32.2. The molecule has 0 spiro atoms. The second-order valence-corrected chi connectivity index (χ2v) is 6.81. The van der Waals surface area contributed by atoms with Crippen LogP contribution in [0.3, 0.4) is 0 Å². The summed E-state index contributed by atoms with van der Waals surface area (Å²) in [6.45, 7) is 2.01. The second kappa shape index (κ2) is 7.67. The van der Waals surface area contributed by atoms with Crippen LogP contribution in [0.2, 0.25) is 0 Å². The van der Waals surface area contributed by atoms with Crippen molar-refractivity contribution in [2.45, 2.75) is 11.8 Å². The van der Waals surface area contributed by atoms with Crippen molar-refractivity contribution in [2.24, 2.45) is 9.50 Å². The van der Waals surface area contributed by atoms with Crippen molar-refractivity contribution in [3.05, 3.63) is 53.1 Å². The standard InChI is InChI=1S/C18H19N3O4S/c1-12-3-6-17-14(9-12)18(20-26(17)24)21(7-8-22)19-11-13-4-5-15(23)16(10-13)25-2/h3-6,9-11,22-23H,7-8H2,1-2H3/b19-11+. The largest absolute Gasteiger partial charge is 0.504 e. The number of phenols is 1. The number of aromatic hydroxyl groups is 1. The van der Waals surface area contributed by atoms with Crippen LogP contribution in [0, 0.1) is 6.92 Å². The highest BCUT2D eigenvalue weighted by molar-refractivity contribution is 7.84. The number of hydrogen-bond donors (Lipinski definition) is 2. The number of amidine groups is 1. The van der Waals surface area contributed by atoms with E-state index >= 15 is 0 Å². The molecular weight excluding hydrogens is 354 g/mol. The van der Waals surface area contributed by atoms with Gasteiger partial charge in [-0.3, -0.25) is 0 Å². The van der Waals surface area contributed by atoms with Crippen molar-refractivity contribution in [3.8, 4) is 11.5 Å². The Bertz CT molecular complexity index is 911. The predicted molar refractivity (Wildman–Crippen MR) is 100 cm³/mol. The smallest absolute Gasteiger partial charge is 0.175 e. The van der Waals surface area contributed by atoms with Gasteiger partial charge < -0.3 is 14.9 Å². The molecule has 1 unspecified atom stereocenters. The zero-order valence-corrected chi connectivity index (χ0v) is 15.2. The summed E-state index contributed by atoms with van der Waals surface area (Å²) in [5, 5.41) is 24.9. The number of aliphatic hydroxyl groups excluding tert-OH is 1. The molecule has 0 bridgehead atoms. The van der Waals surface area contributed by atoms with Gasteiger partial charge >= 0.3 is 0 Å². The maximum absolute atomic E-state index is 12.2. The summed E-state index contributed by atoms with van der Waals surface area (Å²) in [7, 11) is -0.0107. The molecule has 136 valence electrons. The van der Waals surface area contributed by atoms with Crippen LogP contribution in [0.25, 0.3) is 0 Å². The molecule has 2 aromatic carbocycles. The maximum atomic E-state index is 12.2. The maximum Gasteiger partial charge on any atom is 0.175 e. The summed E-state index contributed by atoms with van der Waals surface area (Å²) >= 11 is 0. The number of aliphatic hydroxyl groups is 1. The van der Waals surface area contributed by atoms with Gasteiger partial charge in [-0.05, 0) is 42.8 Å². The van der Waals surface area contributed by atoms with E-state index < -0.39 is 11.0 Å². The Balaban J connectivity index is 1.93. The molecule has 1 aliphatic heterocycles. The van der Waals surface area contributed by atoms with Gasteiger partial charge in [0.25, 0.3) is 0 Å². The van der Waals surface area contributed by atoms with Crippen molar-refractivity contribution in [3.63, 3.8) is 0 Å². The van der Waals surface area contributed by atoms with Crippen LogP contribution >= 0.6 is 0 Å². The molecule has 0 fully saturated rings. The van der Waals surface area contributed by atoms with Gasteiger partial charge in [0.2, 0.25) is 0 Å². The minimum absolute atomic E-state index is 0.0387. The van der Waals surface area contributed by atoms with Crippen molar-refractivity contribution in [1.29, 1.82) is 0 Å². The van der Waals surface area contributed by atoms with Crippen LogP contribution < -0.4 is 4.74 Å². The van der Waals surface area contributed by atoms with Crippen LogP contribution in [0.15, 0.2) is 50.8 Å². The van der Waals surface area contributed by atoms with E-state index in [4.69, 9.17) is 4.74 Å². The molecule has 8 heteroatoms. The number of methoxy groups -OCH3 is 1. The van der Waals surface area contributed by atoms with E-state index in [0.717, 1.165) is 11.1 Å². The summed E-state index contributed by atoms with van der Waals surface area (Å²) in [4.78, 5) is 0.634. The van der Waals surface area contributed by atoms with Crippen molar-refractivity contribution in [2.75, 3.05) is 20.3 Å². The molecule has 2 N–H and O–H groups in total. The number of hydrazone groups is 1. The molecule has 0 amide bonds. The van der Waals surface area contributed by atoms with Crippen molar-refractivity contribution < 1.29 is 19.2 Å². The zero-order valence-electron chi connectivity index (χ0n) is 14.4. The molecule has 2 aromatic rings. The topological polar surface area (TPSA) is 94.7 Å². The van der Waals surface area contributed by atoms with Gasteiger partial charge in [0.05, 0.1) is 31.4 Å². The number of fused-ring (bicyclic) bond motifs is 1. The predicted octanol–water partition coefficient (Wildman–Crippen LogP) is 1.82. The second-order valence-electron chi connectivity index (χ2n) is 5.69. The van der Waals surface area contributed by atoms with Gasteiger partial charge in [-0.25, -0.2) is 9.22 Å². The first kappa shape index (κ1) is 18.1. The van der Waals surface area contributed by atoms with Crippen LogP contribution in [0.5, 0.6) is 11.5 Å². The number of rotatable bonds is 5. The monoisotopic (exact) mass is 373 g/mol. The van der Waals surface area contributed by atoms with Crippen LogP contribution in [0.4, 0.5) is 0 Å². The molecule has 1 aliphatic rings. The molecule has 7 nitrogen and oxygen atoms in total. The number of hydrogen-bond acceptors (Lipinski definition) is 6. The van der Waals surface area contributed by atoms with Crippen LogP contribution in [0.1, 0.15) is 16.7 Å². The molecule has 0 saturated heterocycles. The average Bonchev–Trinajstić information content (AvgIpc) is 2.95. The van der Waals surface area contributed by atoms with Gasteiger partial charge in [0, 0.05) is 5.56 Å². The number of aryl methyl sites for hydroxylation is 1. The fraction of sp³-hybridized carbons (Fsp3) is 0.222. The first-order valence-corrected chi connectivity index (χ1v) is 9.05. The van der Waals surface area contributed by atoms with E-state index in [1.54, 1.807) is 24.4 Å². The lowest BCUT2D eigenvalue weighted by Crippen LogP contribution is -2.29.